The zero-order valence-corrected chi connectivity index (χ0v) is 21.6. The van der Waals surface area contributed by atoms with Crippen LogP contribution in [0, 0.1) is 11.7 Å². The van der Waals surface area contributed by atoms with Gasteiger partial charge in [0.2, 0.25) is 17.6 Å². The Morgan fingerprint density at radius 3 is 2.61 bits per heavy atom. The molecule has 0 radical (unpaired) electrons. The van der Waals surface area contributed by atoms with Gasteiger partial charge in [0.25, 0.3) is 0 Å². The van der Waals surface area contributed by atoms with E-state index in [-0.39, 0.29) is 40.7 Å². The molecule has 3 heterocycles. The number of nitrogen functional groups attached to an aromatic ring is 1. The maximum Gasteiger partial charge on any atom is 0.416 e. The maximum atomic E-state index is 14.7. The molecule has 4 rings (SSSR count). The predicted molar refractivity (Wildman–Crippen MR) is 134 cm³/mol. The third kappa shape index (κ3) is 5.71. The van der Waals surface area contributed by atoms with Crippen LogP contribution in [0.5, 0.6) is 0 Å². The van der Waals surface area contributed by atoms with Crippen LogP contribution in [0.15, 0.2) is 24.5 Å². The number of carbonyl (C=O) groups is 2. The van der Waals surface area contributed by atoms with Crippen molar-refractivity contribution < 1.29 is 27.2 Å². The minimum absolute atomic E-state index is 0.0176. The van der Waals surface area contributed by atoms with Gasteiger partial charge in [0.1, 0.15) is 12.4 Å². The number of amides is 2. The van der Waals surface area contributed by atoms with E-state index in [2.05, 4.69) is 15.3 Å². The zero-order chi connectivity index (χ0) is 27.8. The Morgan fingerprint density at radius 2 is 1.92 bits per heavy atom. The van der Waals surface area contributed by atoms with Gasteiger partial charge in [-0.15, -0.1) is 0 Å². The van der Waals surface area contributed by atoms with Gasteiger partial charge in [-0.05, 0) is 37.5 Å². The SMILES string of the molecule is CN(C)C(=O)C1CCN(c2ncnc(N)c2F)C[C@H]1N1CCCC(Nc2cc(Cl)cc(C(F)(F)F)c2)C1=O. The highest BCUT2D eigenvalue weighted by Crippen LogP contribution is 2.35. The first kappa shape index (κ1) is 27.7. The van der Waals surface area contributed by atoms with Crippen LogP contribution in [0.25, 0.3) is 0 Å². The van der Waals surface area contributed by atoms with Crippen molar-refractivity contribution in [2.24, 2.45) is 5.92 Å². The molecule has 2 aliphatic heterocycles. The second kappa shape index (κ2) is 10.8. The number of carbonyl (C=O) groups excluding carboxylic acids is 2. The average molecular weight is 558 g/mol. The van der Waals surface area contributed by atoms with Crippen molar-refractivity contribution in [3.63, 3.8) is 0 Å². The molecule has 2 aliphatic rings. The van der Waals surface area contributed by atoms with Crippen molar-refractivity contribution in [2.45, 2.75) is 37.5 Å². The Balaban J connectivity index is 1.61. The lowest BCUT2D eigenvalue weighted by atomic mass is 9.87. The summed E-state index contributed by atoms with van der Waals surface area (Å²) >= 11 is 5.91. The lowest BCUT2D eigenvalue weighted by Gasteiger charge is -2.47. The molecule has 3 N–H and O–H groups in total. The van der Waals surface area contributed by atoms with Crippen LogP contribution >= 0.6 is 11.6 Å². The summed E-state index contributed by atoms with van der Waals surface area (Å²) < 4.78 is 54.5. The highest BCUT2D eigenvalue weighted by molar-refractivity contribution is 6.31. The Morgan fingerprint density at radius 1 is 1.18 bits per heavy atom. The predicted octanol–water partition coefficient (Wildman–Crippen LogP) is 3.26. The van der Waals surface area contributed by atoms with Crippen molar-refractivity contribution >= 4 is 40.7 Å². The molecule has 1 aromatic heterocycles. The summed E-state index contributed by atoms with van der Waals surface area (Å²) in [5.74, 6) is -2.21. The number of nitrogens with one attached hydrogen (secondary N) is 1. The smallest absolute Gasteiger partial charge is 0.381 e. The monoisotopic (exact) mass is 557 g/mol. The second-order valence-corrected chi connectivity index (χ2v) is 10.1. The van der Waals surface area contributed by atoms with E-state index < -0.39 is 35.6 Å². The molecular formula is C24H28ClF4N7O2. The standard InChI is InChI=1S/C24H28ClF4N7O2/c1-34(2)22(37)16-5-7-35(21-19(26)20(30)31-12-32-21)11-18(16)36-6-3-4-17(23(36)38)33-15-9-13(24(27,28)29)8-14(25)10-15/h8-10,12,16-18,33H,3-7,11H2,1-2H3,(H2,30,31,32)/t16?,17?,18-/m1/s1. The van der Waals surface area contributed by atoms with E-state index in [1.807, 2.05) is 0 Å². The molecule has 2 saturated heterocycles. The van der Waals surface area contributed by atoms with Crippen molar-refractivity contribution in [1.82, 2.24) is 19.8 Å². The lowest BCUT2D eigenvalue weighted by molar-refractivity contribution is -0.143. The van der Waals surface area contributed by atoms with Gasteiger partial charge in [0.05, 0.1) is 17.5 Å². The summed E-state index contributed by atoms with van der Waals surface area (Å²) in [5.41, 5.74) is 4.75. The number of nitrogens with zero attached hydrogens (tertiary/aromatic N) is 5. The van der Waals surface area contributed by atoms with E-state index in [0.717, 1.165) is 18.5 Å². The highest BCUT2D eigenvalue weighted by Gasteiger charge is 2.44. The molecule has 1 aromatic carbocycles. The minimum atomic E-state index is -4.60. The number of hydrogen-bond acceptors (Lipinski definition) is 7. The number of alkyl halides is 3. The van der Waals surface area contributed by atoms with Gasteiger partial charge in [-0.2, -0.15) is 17.6 Å². The van der Waals surface area contributed by atoms with Gasteiger partial charge < -0.3 is 25.8 Å². The molecule has 0 spiro atoms. The number of hydrogen-bond donors (Lipinski definition) is 2. The number of aromatic nitrogens is 2. The normalized spacial score (nSPS) is 22.4. The first-order valence-corrected chi connectivity index (χ1v) is 12.4. The van der Waals surface area contributed by atoms with Crippen LogP contribution in [0.2, 0.25) is 5.02 Å². The molecule has 2 fully saturated rings. The molecule has 14 heteroatoms. The van der Waals surface area contributed by atoms with E-state index in [0.29, 0.717) is 32.4 Å². The Labute approximate surface area is 221 Å². The van der Waals surface area contributed by atoms with Gasteiger partial charge in [-0.25, -0.2) is 9.97 Å². The molecule has 2 amide bonds. The van der Waals surface area contributed by atoms with Crippen LogP contribution in [-0.4, -0.2) is 77.4 Å². The van der Waals surface area contributed by atoms with Gasteiger partial charge in [0, 0.05) is 44.4 Å². The summed E-state index contributed by atoms with van der Waals surface area (Å²) in [6.07, 6.45) is -2.20. The van der Waals surface area contributed by atoms with Crippen molar-refractivity contribution in [1.29, 1.82) is 0 Å². The number of likely N-dealkylation sites (tertiary alicyclic amines) is 1. The van der Waals surface area contributed by atoms with E-state index in [1.54, 1.807) is 23.9 Å². The number of anilines is 3. The quantitative estimate of drug-likeness (QED) is 0.543. The van der Waals surface area contributed by atoms with Gasteiger partial charge in [0.15, 0.2) is 11.6 Å². The number of rotatable bonds is 5. The first-order valence-electron chi connectivity index (χ1n) is 12.0. The van der Waals surface area contributed by atoms with Gasteiger partial charge >= 0.3 is 6.18 Å². The molecule has 0 aliphatic carbocycles. The lowest BCUT2D eigenvalue weighted by Crippen LogP contribution is -2.62. The van der Waals surface area contributed by atoms with Crippen molar-refractivity contribution in [3.05, 3.63) is 40.9 Å². The Kier molecular flexibility index (Phi) is 7.86. The molecule has 9 nitrogen and oxygen atoms in total. The molecule has 38 heavy (non-hydrogen) atoms. The number of benzene rings is 1. The van der Waals surface area contributed by atoms with Crippen LogP contribution < -0.4 is 16.0 Å². The Hall–Kier alpha value is -3.35. The van der Waals surface area contributed by atoms with Crippen molar-refractivity contribution in [2.75, 3.05) is 49.7 Å². The fraction of sp³-hybridized carbons (Fsp3) is 0.500. The van der Waals surface area contributed by atoms with Crippen LogP contribution in [0.3, 0.4) is 0 Å². The number of halogens is 5. The van der Waals surface area contributed by atoms with E-state index in [4.69, 9.17) is 17.3 Å². The summed E-state index contributed by atoms with van der Waals surface area (Å²) in [6, 6.07) is 1.58. The molecule has 0 saturated carbocycles. The summed E-state index contributed by atoms with van der Waals surface area (Å²) in [7, 11) is 3.24. The van der Waals surface area contributed by atoms with Crippen molar-refractivity contribution in [3.8, 4) is 0 Å². The molecular weight excluding hydrogens is 530 g/mol. The third-order valence-corrected chi connectivity index (χ3v) is 7.10. The number of nitrogens with two attached hydrogens (primary N) is 1. The van der Waals surface area contributed by atoms with E-state index in [9.17, 15) is 27.2 Å². The maximum absolute atomic E-state index is 14.7. The van der Waals surface area contributed by atoms with Crippen LogP contribution in [0.4, 0.5) is 34.9 Å². The average Bonchev–Trinajstić information content (AvgIpc) is 2.85. The second-order valence-electron chi connectivity index (χ2n) is 9.63. The summed E-state index contributed by atoms with van der Waals surface area (Å²) in [6.45, 7) is 0.760. The van der Waals surface area contributed by atoms with Gasteiger partial charge in [-0.1, -0.05) is 11.6 Å². The fourth-order valence-corrected chi connectivity index (χ4v) is 5.29. The summed E-state index contributed by atoms with van der Waals surface area (Å²) in [4.78, 5) is 39.0. The van der Waals surface area contributed by atoms with Gasteiger partial charge in [-0.3, -0.25) is 9.59 Å². The third-order valence-electron chi connectivity index (χ3n) is 6.88. The minimum Gasteiger partial charge on any atom is -0.381 e. The number of piperidine rings is 2. The first-order chi connectivity index (χ1) is 17.9. The summed E-state index contributed by atoms with van der Waals surface area (Å²) in [5, 5.41) is 2.78. The molecule has 2 unspecified atom stereocenters. The topological polar surface area (TPSA) is 108 Å². The fourth-order valence-electron chi connectivity index (χ4n) is 5.05. The van der Waals surface area contributed by atoms with Crippen LogP contribution in [-0.2, 0) is 15.8 Å². The largest absolute Gasteiger partial charge is 0.416 e. The molecule has 206 valence electrons. The van der Waals surface area contributed by atoms with Crippen LogP contribution in [0.1, 0.15) is 24.8 Å². The highest BCUT2D eigenvalue weighted by atomic mass is 35.5. The van der Waals surface area contributed by atoms with E-state index >= 15 is 0 Å². The molecule has 2 aromatic rings. The molecule has 3 atom stereocenters. The molecule has 0 bridgehead atoms. The van der Waals surface area contributed by atoms with E-state index in [1.165, 1.54) is 11.0 Å². The zero-order valence-electron chi connectivity index (χ0n) is 20.8. The Bertz CT molecular complexity index is 1210.